The molecule has 1 atom stereocenters. The van der Waals surface area contributed by atoms with E-state index in [9.17, 15) is 14.7 Å². The van der Waals surface area contributed by atoms with Gasteiger partial charge < -0.3 is 29.4 Å². The Morgan fingerprint density at radius 3 is 2.76 bits per heavy atom. The van der Waals surface area contributed by atoms with E-state index in [1.807, 2.05) is 20.8 Å². The van der Waals surface area contributed by atoms with Gasteiger partial charge in [-0.1, -0.05) is 0 Å². The van der Waals surface area contributed by atoms with Gasteiger partial charge in [0, 0.05) is 23.7 Å². The van der Waals surface area contributed by atoms with E-state index in [1.165, 1.54) is 0 Å². The molecule has 0 bridgehead atoms. The Hall–Kier alpha value is -2.58. The van der Waals surface area contributed by atoms with Crippen molar-refractivity contribution < 1.29 is 28.9 Å². The van der Waals surface area contributed by atoms with Crippen molar-refractivity contribution >= 4 is 16.9 Å². The molecule has 3 N–H and O–H groups in total. The number of fused-ring (bicyclic) bond motifs is 3. The predicted octanol–water partition coefficient (Wildman–Crippen LogP) is 1.36. The molecule has 158 valence electrons. The molecule has 0 saturated heterocycles. The van der Waals surface area contributed by atoms with E-state index in [0.29, 0.717) is 34.5 Å². The van der Waals surface area contributed by atoms with E-state index in [2.05, 4.69) is 5.32 Å². The average Bonchev–Trinajstić information content (AvgIpc) is 2.67. The zero-order valence-corrected chi connectivity index (χ0v) is 17.1. The SMILES string of the molecule is Cc1c(C)c2c(OCC(=O)NCC(O)CO)cc3c(c2oc1=O)CCC(C)(C)O3. The van der Waals surface area contributed by atoms with Crippen LogP contribution in [0.4, 0.5) is 0 Å². The molecule has 1 amide bonds. The van der Waals surface area contributed by atoms with E-state index >= 15 is 0 Å². The van der Waals surface area contributed by atoms with Crippen LogP contribution in [0.1, 0.15) is 37.0 Å². The molecule has 0 fully saturated rings. The van der Waals surface area contributed by atoms with E-state index in [4.69, 9.17) is 19.0 Å². The van der Waals surface area contributed by atoms with Gasteiger partial charge in [0.05, 0.1) is 18.1 Å². The Bertz CT molecular complexity index is 993. The lowest BCUT2D eigenvalue weighted by Gasteiger charge is -2.33. The third-order valence-corrected chi connectivity index (χ3v) is 5.21. The zero-order valence-electron chi connectivity index (χ0n) is 17.1. The smallest absolute Gasteiger partial charge is 0.339 e. The number of benzene rings is 1. The fraction of sp³-hybridized carbons (Fsp3) is 0.524. The highest BCUT2D eigenvalue weighted by Gasteiger charge is 2.31. The molecule has 3 rings (SSSR count). The van der Waals surface area contributed by atoms with Crippen LogP contribution in [-0.2, 0) is 11.2 Å². The minimum atomic E-state index is -1.03. The maximum Gasteiger partial charge on any atom is 0.339 e. The molecule has 8 heteroatoms. The first-order chi connectivity index (χ1) is 13.6. The molecule has 1 aromatic carbocycles. The molecule has 0 aliphatic carbocycles. The normalized spacial score (nSPS) is 16.1. The summed E-state index contributed by atoms with van der Waals surface area (Å²) in [5.41, 5.74) is 1.69. The summed E-state index contributed by atoms with van der Waals surface area (Å²) >= 11 is 0. The molecular formula is C21H27NO7. The highest BCUT2D eigenvalue weighted by atomic mass is 16.5. The van der Waals surface area contributed by atoms with E-state index in [-0.39, 0.29) is 18.8 Å². The average molecular weight is 405 g/mol. The predicted molar refractivity (Wildman–Crippen MR) is 107 cm³/mol. The van der Waals surface area contributed by atoms with Crippen LogP contribution in [0.3, 0.4) is 0 Å². The molecule has 2 heterocycles. The van der Waals surface area contributed by atoms with Crippen LogP contribution in [0, 0.1) is 13.8 Å². The molecule has 0 spiro atoms. The van der Waals surface area contributed by atoms with Crippen LogP contribution < -0.4 is 20.4 Å². The Balaban J connectivity index is 1.99. The molecule has 0 saturated carbocycles. The Morgan fingerprint density at radius 1 is 1.34 bits per heavy atom. The highest BCUT2D eigenvalue weighted by Crippen LogP contribution is 2.43. The number of hydrogen-bond donors (Lipinski definition) is 3. The number of aryl methyl sites for hydroxylation is 2. The number of aliphatic hydroxyl groups excluding tert-OH is 2. The van der Waals surface area contributed by atoms with Crippen molar-refractivity contribution in [3.63, 3.8) is 0 Å². The van der Waals surface area contributed by atoms with Gasteiger partial charge in [0.2, 0.25) is 0 Å². The molecule has 1 unspecified atom stereocenters. The third kappa shape index (κ3) is 4.38. The lowest BCUT2D eigenvalue weighted by Crippen LogP contribution is -2.36. The first kappa shape index (κ1) is 21.1. The Labute approximate surface area is 168 Å². The summed E-state index contributed by atoms with van der Waals surface area (Å²) in [5.74, 6) is 0.515. The van der Waals surface area contributed by atoms with Crippen LogP contribution in [0.2, 0.25) is 0 Å². The van der Waals surface area contributed by atoms with E-state index in [1.54, 1.807) is 13.0 Å². The number of rotatable bonds is 6. The molecule has 1 aliphatic heterocycles. The Morgan fingerprint density at radius 2 is 2.07 bits per heavy atom. The van der Waals surface area contributed by atoms with Crippen LogP contribution in [-0.4, -0.2) is 47.6 Å². The minimum Gasteiger partial charge on any atom is -0.487 e. The molecule has 29 heavy (non-hydrogen) atoms. The van der Waals surface area contributed by atoms with Crippen LogP contribution in [0.5, 0.6) is 11.5 Å². The quantitative estimate of drug-likeness (QED) is 0.621. The van der Waals surface area contributed by atoms with Crippen molar-refractivity contribution in [1.82, 2.24) is 5.32 Å². The number of amides is 1. The fourth-order valence-electron chi connectivity index (χ4n) is 3.34. The first-order valence-corrected chi connectivity index (χ1v) is 9.60. The number of nitrogens with one attached hydrogen (secondary N) is 1. The molecule has 8 nitrogen and oxygen atoms in total. The van der Waals surface area contributed by atoms with Gasteiger partial charge in [0.15, 0.2) is 6.61 Å². The molecule has 1 aliphatic rings. The number of carbonyl (C=O) groups excluding carboxylic acids is 1. The summed E-state index contributed by atoms with van der Waals surface area (Å²) in [7, 11) is 0. The maximum atomic E-state index is 12.3. The summed E-state index contributed by atoms with van der Waals surface area (Å²) < 4.78 is 17.4. The van der Waals surface area contributed by atoms with Gasteiger partial charge >= 0.3 is 5.63 Å². The highest BCUT2D eigenvalue weighted by molar-refractivity contribution is 5.92. The maximum absolute atomic E-state index is 12.3. The lowest BCUT2D eigenvalue weighted by molar-refractivity contribution is -0.123. The lowest BCUT2D eigenvalue weighted by atomic mass is 9.92. The van der Waals surface area contributed by atoms with Crippen molar-refractivity contribution in [3.05, 3.63) is 33.2 Å². The number of ether oxygens (including phenoxy) is 2. The summed E-state index contributed by atoms with van der Waals surface area (Å²) in [6.45, 7) is 6.65. The minimum absolute atomic E-state index is 0.0755. The van der Waals surface area contributed by atoms with Gasteiger partial charge in [-0.15, -0.1) is 0 Å². The van der Waals surface area contributed by atoms with Gasteiger partial charge in [-0.25, -0.2) is 4.79 Å². The number of aliphatic hydroxyl groups is 2. The summed E-state index contributed by atoms with van der Waals surface area (Å²) in [5, 5.41) is 21.3. The summed E-state index contributed by atoms with van der Waals surface area (Å²) in [6, 6.07) is 1.74. The van der Waals surface area contributed by atoms with E-state index < -0.39 is 24.2 Å². The fourth-order valence-corrected chi connectivity index (χ4v) is 3.34. The monoisotopic (exact) mass is 405 g/mol. The Kier molecular flexibility index (Phi) is 5.86. The van der Waals surface area contributed by atoms with Crippen molar-refractivity contribution in [2.24, 2.45) is 0 Å². The second kappa shape index (κ2) is 8.04. The largest absolute Gasteiger partial charge is 0.487 e. The van der Waals surface area contributed by atoms with Gasteiger partial charge in [-0.3, -0.25) is 4.79 Å². The standard InChI is InChI=1S/C21H27NO7/c1-11-12(2)20(26)28-19-14-5-6-21(3,4)29-15(14)7-16(18(11)19)27-10-17(25)22-8-13(24)9-23/h7,13,23-24H,5-6,8-10H2,1-4H3,(H,22,25). The van der Waals surface area contributed by atoms with Crippen LogP contribution in [0.15, 0.2) is 15.3 Å². The topological polar surface area (TPSA) is 118 Å². The first-order valence-electron chi connectivity index (χ1n) is 9.60. The van der Waals surface area contributed by atoms with Crippen LogP contribution >= 0.6 is 0 Å². The third-order valence-electron chi connectivity index (χ3n) is 5.21. The van der Waals surface area contributed by atoms with Crippen molar-refractivity contribution in [2.45, 2.75) is 52.2 Å². The second-order valence-corrected chi connectivity index (χ2v) is 7.99. The second-order valence-electron chi connectivity index (χ2n) is 7.99. The number of carbonyl (C=O) groups is 1. The molecular weight excluding hydrogens is 378 g/mol. The molecule has 2 aromatic rings. The van der Waals surface area contributed by atoms with Crippen molar-refractivity contribution in [3.8, 4) is 11.5 Å². The van der Waals surface area contributed by atoms with Gasteiger partial charge in [0.25, 0.3) is 5.91 Å². The molecule has 0 radical (unpaired) electrons. The van der Waals surface area contributed by atoms with Gasteiger partial charge in [-0.05, 0) is 46.1 Å². The van der Waals surface area contributed by atoms with Gasteiger partial charge in [0.1, 0.15) is 22.7 Å². The van der Waals surface area contributed by atoms with Gasteiger partial charge in [-0.2, -0.15) is 0 Å². The zero-order chi connectivity index (χ0) is 21.3. The van der Waals surface area contributed by atoms with Crippen molar-refractivity contribution in [2.75, 3.05) is 19.8 Å². The van der Waals surface area contributed by atoms with Crippen molar-refractivity contribution in [1.29, 1.82) is 0 Å². The molecule has 1 aromatic heterocycles. The van der Waals surface area contributed by atoms with E-state index in [0.717, 1.165) is 17.5 Å². The summed E-state index contributed by atoms with van der Waals surface area (Å²) in [4.78, 5) is 24.3. The summed E-state index contributed by atoms with van der Waals surface area (Å²) in [6.07, 6.45) is 0.448. The van der Waals surface area contributed by atoms with Crippen LogP contribution in [0.25, 0.3) is 11.0 Å². The number of hydrogen-bond acceptors (Lipinski definition) is 7.